The molecule has 0 heterocycles. The van der Waals surface area contributed by atoms with Crippen LogP contribution in [0.3, 0.4) is 0 Å². The fourth-order valence-electron chi connectivity index (χ4n) is 2.06. The van der Waals surface area contributed by atoms with Gasteiger partial charge in [0.1, 0.15) is 11.9 Å². The number of halogens is 1. The Bertz CT molecular complexity index is 553. The van der Waals surface area contributed by atoms with Gasteiger partial charge in [-0.1, -0.05) is 58.7 Å². The van der Waals surface area contributed by atoms with Gasteiger partial charge in [-0.2, -0.15) is 0 Å². The van der Waals surface area contributed by atoms with E-state index in [0.29, 0.717) is 0 Å². The molecule has 0 fully saturated rings. The maximum Gasteiger partial charge on any atom is 0.140 e. The number of hydrogen-bond donors (Lipinski definition) is 1. The highest BCUT2D eigenvalue weighted by molar-refractivity contribution is 9.10. The first kappa shape index (κ1) is 15.1. The molecule has 0 saturated heterocycles. The number of aryl methyl sites for hydroxylation is 1. The summed E-state index contributed by atoms with van der Waals surface area (Å²) in [6.07, 6.45) is 0.705. The summed E-state index contributed by atoms with van der Waals surface area (Å²) in [5.41, 5.74) is 8.55. The lowest BCUT2D eigenvalue weighted by Crippen LogP contribution is -2.31. The molecule has 2 aromatic carbocycles. The summed E-state index contributed by atoms with van der Waals surface area (Å²) in [5.74, 6) is 0.847. The molecule has 0 aromatic heterocycles. The van der Waals surface area contributed by atoms with E-state index in [1.807, 2.05) is 42.5 Å². The van der Waals surface area contributed by atoms with E-state index in [0.717, 1.165) is 22.2 Å². The number of ether oxygens (including phenoxy) is 1. The minimum Gasteiger partial charge on any atom is -0.484 e. The smallest absolute Gasteiger partial charge is 0.140 e. The van der Waals surface area contributed by atoms with Crippen LogP contribution in [0, 0.1) is 6.92 Å². The number of rotatable bonds is 5. The van der Waals surface area contributed by atoms with Crippen LogP contribution in [0.25, 0.3) is 0 Å². The summed E-state index contributed by atoms with van der Waals surface area (Å²) in [5, 5.41) is 0. The number of nitrogens with two attached hydrogens (primary N) is 1. The van der Waals surface area contributed by atoms with Gasteiger partial charge in [-0.3, -0.25) is 0 Å². The Morgan fingerprint density at radius 2 is 1.75 bits per heavy atom. The molecule has 2 unspecified atom stereocenters. The molecule has 20 heavy (non-hydrogen) atoms. The predicted molar refractivity (Wildman–Crippen MR) is 87.0 cm³/mol. The second kappa shape index (κ2) is 6.91. The van der Waals surface area contributed by atoms with Gasteiger partial charge in [-0.25, -0.2) is 0 Å². The van der Waals surface area contributed by atoms with Gasteiger partial charge in [0.05, 0.1) is 0 Å². The molecule has 0 radical (unpaired) electrons. The van der Waals surface area contributed by atoms with E-state index in [-0.39, 0.29) is 12.1 Å². The zero-order valence-corrected chi connectivity index (χ0v) is 13.4. The fourth-order valence-corrected chi connectivity index (χ4v) is 2.58. The molecular weight excluding hydrogens is 314 g/mol. The molecular formula is C17H20BrNO. The minimum absolute atomic E-state index is 0.0463. The van der Waals surface area contributed by atoms with Crippen molar-refractivity contribution in [3.8, 4) is 5.75 Å². The van der Waals surface area contributed by atoms with Gasteiger partial charge in [-0.05, 0) is 31.5 Å². The Kier molecular flexibility index (Phi) is 5.21. The van der Waals surface area contributed by atoms with Gasteiger partial charge in [0.15, 0.2) is 0 Å². The Morgan fingerprint density at radius 1 is 1.10 bits per heavy atom. The van der Waals surface area contributed by atoms with Crippen molar-refractivity contribution in [2.75, 3.05) is 0 Å². The zero-order chi connectivity index (χ0) is 14.5. The maximum atomic E-state index is 6.25. The molecule has 2 N–H and O–H groups in total. The first-order valence-electron chi connectivity index (χ1n) is 6.85. The van der Waals surface area contributed by atoms with Gasteiger partial charge < -0.3 is 10.5 Å². The second-order valence-corrected chi connectivity index (χ2v) is 5.80. The van der Waals surface area contributed by atoms with Crippen molar-refractivity contribution < 1.29 is 4.74 Å². The van der Waals surface area contributed by atoms with Crippen molar-refractivity contribution in [2.24, 2.45) is 5.73 Å². The van der Waals surface area contributed by atoms with E-state index in [1.165, 1.54) is 5.56 Å². The third-order valence-electron chi connectivity index (χ3n) is 3.36. The minimum atomic E-state index is -0.154. The highest BCUT2D eigenvalue weighted by atomic mass is 79.9. The normalized spacial score (nSPS) is 13.8. The molecule has 0 spiro atoms. The molecule has 0 bridgehead atoms. The molecule has 2 atom stereocenters. The standard InChI is InChI=1S/C17H20BrNO/c1-3-16(19)17(14-6-4-5-7-15(14)18)20-13-10-8-12(2)9-11-13/h4-11,16-17H,3,19H2,1-2H3. The molecule has 0 saturated carbocycles. The third-order valence-corrected chi connectivity index (χ3v) is 4.08. The molecule has 0 amide bonds. The van der Waals surface area contributed by atoms with Gasteiger partial charge >= 0.3 is 0 Å². The first-order chi connectivity index (χ1) is 9.61. The van der Waals surface area contributed by atoms with E-state index in [2.05, 4.69) is 35.8 Å². The molecule has 2 aromatic rings. The lowest BCUT2D eigenvalue weighted by atomic mass is 10.0. The van der Waals surface area contributed by atoms with Crippen molar-refractivity contribution in [1.82, 2.24) is 0 Å². The van der Waals surface area contributed by atoms with Gasteiger partial charge in [0.25, 0.3) is 0 Å². The molecule has 0 aliphatic heterocycles. The molecule has 3 heteroatoms. The predicted octanol–water partition coefficient (Wildman–Crippen LogP) is 4.61. The van der Waals surface area contributed by atoms with E-state index >= 15 is 0 Å². The van der Waals surface area contributed by atoms with Crippen LogP contribution in [0.1, 0.15) is 30.6 Å². The van der Waals surface area contributed by atoms with Gasteiger partial charge in [0, 0.05) is 16.1 Å². The van der Waals surface area contributed by atoms with Crippen LogP contribution in [-0.2, 0) is 0 Å². The summed E-state index contributed by atoms with van der Waals surface area (Å²) in [4.78, 5) is 0. The van der Waals surface area contributed by atoms with Crippen LogP contribution >= 0.6 is 15.9 Å². The SMILES string of the molecule is CCC(N)C(Oc1ccc(C)cc1)c1ccccc1Br. The maximum absolute atomic E-state index is 6.25. The van der Waals surface area contributed by atoms with Gasteiger partial charge in [-0.15, -0.1) is 0 Å². The Hall–Kier alpha value is -1.32. The summed E-state index contributed by atoms with van der Waals surface area (Å²) in [6, 6.07) is 16.1. The van der Waals surface area contributed by atoms with Crippen LogP contribution in [0.5, 0.6) is 5.75 Å². The molecule has 0 aliphatic rings. The van der Waals surface area contributed by atoms with Crippen LogP contribution in [0.15, 0.2) is 53.0 Å². The lowest BCUT2D eigenvalue weighted by Gasteiger charge is -2.25. The van der Waals surface area contributed by atoms with Crippen LogP contribution in [0.4, 0.5) is 0 Å². The lowest BCUT2D eigenvalue weighted by molar-refractivity contribution is 0.170. The highest BCUT2D eigenvalue weighted by Gasteiger charge is 2.22. The van der Waals surface area contributed by atoms with E-state index in [4.69, 9.17) is 10.5 Å². The number of benzene rings is 2. The Labute approximate surface area is 129 Å². The van der Waals surface area contributed by atoms with E-state index < -0.39 is 0 Å². The topological polar surface area (TPSA) is 35.2 Å². The van der Waals surface area contributed by atoms with Crippen molar-refractivity contribution in [3.05, 3.63) is 64.1 Å². The molecule has 106 valence electrons. The highest BCUT2D eigenvalue weighted by Crippen LogP contribution is 2.30. The Balaban J connectivity index is 2.29. The average molecular weight is 334 g/mol. The average Bonchev–Trinajstić information content (AvgIpc) is 2.47. The van der Waals surface area contributed by atoms with E-state index in [9.17, 15) is 0 Å². The number of hydrogen-bond acceptors (Lipinski definition) is 2. The van der Waals surface area contributed by atoms with Crippen molar-refractivity contribution in [1.29, 1.82) is 0 Å². The van der Waals surface area contributed by atoms with Crippen LogP contribution in [0.2, 0.25) is 0 Å². The molecule has 0 aliphatic carbocycles. The van der Waals surface area contributed by atoms with Crippen LogP contribution in [-0.4, -0.2) is 6.04 Å². The van der Waals surface area contributed by atoms with Gasteiger partial charge in [0.2, 0.25) is 0 Å². The summed E-state index contributed by atoms with van der Waals surface area (Å²) in [6.45, 7) is 4.14. The quantitative estimate of drug-likeness (QED) is 0.866. The van der Waals surface area contributed by atoms with Crippen molar-refractivity contribution >= 4 is 15.9 Å². The summed E-state index contributed by atoms with van der Waals surface area (Å²) in [7, 11) is 0. The first-order valence-corrected chi connectivity index (χ1v) is 7.64. The van der Waals surface area contributed by atoms with Crippen molar-refractivity contribution in [2.45, 2.75) is 32.4 Å². The fraction of sp³-hybridized carbons (Fsp3) is 0.294. The third kappa shape index (κ3) is 3.62. The summed E-state index contributed by atoms with van der Waals surface area (Å²) < 4.78 is 7.16. The van der Waals surface area contributed by atoms with Crippen LogP contribution < -0.4 is 10.5 Å². The van der Waals surface area contributed by atoms with Crippen molar-refractivity contribution in [3.63, 3.8) is 0 Å². The Morgan fingerprint density at radius 3 is 2.35 bits per heavy atom. The molecule has 2 nitrogen and oxygen atoms in total. The monoisotopic (exact) mass is 333 g/mol. The largest absolute Gasteiger partial charge is 0.484 e. The van der Waals surface area contributed by atoms with E-state index in [1.54, 1.807) is 0 Å². The molecule has 2 rings (SSSR count). The summed E-state index contributed by atoms with van der Waals surface area (Å²) >= 11 is 3.58. The second-order valence-electron chi connectivity index (χ2n) is 4.95. The zero-order valence-electron chi connectivity index (χ0n) is 11.8.